The van der Waals surface area contributed by atoms with E-state index < -0.39 is 0 Å². The highest BCUT2D eigenvalue weighted by molar-refractivity contribution is 7.99. The van der Waals surface area contributed by atoms with E-state index >= 15 is 0 Å². The van der Waals surface area contributed by atoms with Gasteiger partial charge in [-0.1, -0.05) is 64.7 Å². The van der Waals surface area contributed by atoms with E-state index in [0.717, 1.165) is 11.5 Å². The molecule has 1 aromatic rings. The first-order valence-corrected chi connectivity index (χ1v) is 9.91. The Morgan fingerprint density at radius 3 is 2.18 bits per heavy atom. The summed E-state index contributed by atoms with van der Waals surface area (Å²) >= 11 is 1.93. The number of hydrogen-bond acceptors (Lipinski definition) is 3. The largest absolute Gasteiger partial charge is 0.454 e. The zero-order valence-electron chi connectivity index (χ0n) is 13.9. The predicted molar refractivity (Wildman–Crippen MR) is 95.1 cm³/mol. The average molecular weight is 323 g/mol. The first-order valence-electron chi connectivity index (χ1n) is 8.92. The van der Waals surface area contributed by atoms with Gasteiger partial charge in [0, 0.05) is 4.90 Å². The normalized spacial score (nSPS) is 12.8. The van der Waals surface area contributed by atoms with Crippen molar-refractivity contribution >= 4 is 11.8 Å². The van der Waals surface area contributed by atoms with Crippen molar-refractivity contribution in [2.45, 2.75) is 76.0 Å². The Kier molecular flexibility index (Phi) is 8.62. The molecular formula is C19H30O2S. The lowest BCUT2D eigenvalue weighted by molar-refractivity contribution is 0.174. The topological polar surface area (TPSA) is 18.5 Å². The van der Waals surface area contributed by atoms with Crippen molar-refractivity contribution in [3.05, 3.63) is 18.2 Å². The molecule has 0 saturated carbocycles. The van der Waals surface area contributed by atoms with Crippen LogP contribution in [0.5, 0.6) is 11.5 Å². The molecule has 0 N–H and O–H groups in total. The first kappa shape index (κ1) is 17.5. The van der Waals surface area contributed by atoms with Gasteiger partial charge in [0.25, 0.3) is 0 Å². The summed E-state index contributed by atoms with van der Waals surface area (Å²) in [5.74, 6) is 2.98. The minimum atomic E-state index is 0.363. The van der Waals surface area contributed by atoms with Crippen molar-refractivity contribution in [2.75, 3.05) is 12.5 Å². The van der Waals surface area contributed by atoms with Gasteiger partial charge in [-0.15, -0.1) is 11.8 Å². The summed E-state index contributed by atoms with van der Waals surface area (Å²) in [4.78, 5) is 1.29. The van der Waals surface area contributed by atoms with E-state index in [1.54, 1.807) is 0 Å². The van der Waals surface area contributed by atoms with Crippen molar-refractivity contribution in [1.82, 2.24) is 0 Å². The summed E-state index contributed by atoms with van der Waals surface area (Å²) in [6.07, 6.45) is 14.0. The molecule has 0 bridgehead atoms. The molecule has 1 aromatic carbocycles. The van der Waals surface area contributed by atoms with Crippen LogP contribution in [0.25, 0.3) is 0 Å². The maximum absolute atomic E-state index is 5.41. The third-order valence-electron chi connectivity index (χ3n) is 4.11. The molecule has 0 atom stereocenters. The summed E-state index contributed by atoms with van der Waals surface area (Å²) in [6, 6.07) is 6.25. The molecule has 0 spiro atoms. The highest BCUT2D eigenvalue weighted by Gasteiger charge is 2.12. The highest BCUT2D eigenvalue weighted by atomic mass is 32.2. The Morgan fingerprint density at radius 2 is 1.45 bits per heavy atom. The van der Waals surface area contributed by atoms with Gasteiger partial charge in [-0.3, -0.25) is 0 Å². The third-order valence-corrected chi connectivity index (χ3v) is 5.19. The van der Waals surface area contributed by atoms with Crippen LogP contribution >= 0.6 is 11.8 Å². The van der Waals surface area contributed by atoms with Crippen LogP contribution < -0.4 is 9.47 Å². The molecule has 3 heteroatoms. The van der Waals surface area contributed by atoms with Gasteiger partial charge >= 0.3 is 0 Å². The van der Waals surface area contributed by atoms with Crippen molar-refractivity contribution in [3.63, 3.8) is 0 Å². The molecule has 0 amide bonds. The Balaban J connectivity index is 1.43. The molecule has 124 valence electrons. The lowest BCUT2D eigenvalue weighted by atomic mass is 10.1. The van der Waals surface area contributed by atoms with Crippen LogP contribution in [-0.2, 0) is 0 Å². The number of fused-ring (bicyclic) bond motifs is 1. The predicted octanol–water partition coefficient (Wildman–Crippen LogP) is 6.43. The number of benzene rings is 1. The minimum absolute atomic E-state index is 0.363. The lowest BCUT2D eigenvalue weighted by Crippen LogP contribution is -1.92. The summed E-state index contributed by atoms with van der Waals surface area (Å²) in [5.41, 5.74) is 0. The molecule has 1 heterocycles. The lowest BCUT2D eigenvalue weighted by Gasteiger charge is -2.04. The molecule has 0 unspecified atom stereocenters. The van der Waals surface area contributed by atoms with E-state index in [4.69, 9.17) is 9.47 Å². The van der Waals surface area contributed by atoms with E-state index in [2.05, 4.69) is 19.1 Å². The fourth-order valence-electron chi connectivity index (χ4n) is 2.75. The summed E-state index contributed by atoms with van der Waals surface area (Å²) < 4.78 is 10.7. The number of rotatable bonds is 12. The van der Waals surface area contributed by atoms with E-state index in [1.165, 1.54) is 74.9 Å². The number of hydrogen-bond donors (Lipinski definition) is 0. The second-order valence-corrected chi connectivity index (χ2v) is 7.21. The number of thioether (sulfide) groups is 1. The Labute approximate surface area is 140 Å². The second kappa shape index (κ2) is 10.8. The molecule has 2 rings (SSSR count). The van der Waals surface area contributed by atoms with Gasteiger partial charge in [-0.2, -0.15) is 0 Å². The van der Waals surface area contributed by atoms with E-state index in [0.29, 0.717) is 6.79 Å². The van der Waals surface area contributed by atoms with Gasteiger partial charge in [0.1, 0.15) is 0 Å². The Morgan fingerprint density at radius 1 is 0.818 bits per heavy atom. The molecule has 0 aromatic heterocycles. The summed E-state index contributed by atoms with van der Waals surface area (Å²) in [6.45, 7) is 2.64. The van der Waals surface area contributed by atoms with Gasteiger partial charge in [0.15, 0.2) is 11.5 Å². The fraction of sp³-hybridized carbons (Fsp3) is 0.684. The van der Waals surface area contributed by atoms with Crippen molar-refractivity contribution in [2.24, 2.45) is 0 Å². The summed E-state index contributed by atoms with van der Waals surface area (Å²) in [5, 5.41) is 0. The smallest absolute Gasteiger partial charge is 0.231 e. The van der Waals surface area contributed by atoms with Crippen molar-refractivity contribution in [1.29, 1.82) is 0 Å². The minimum Gasteiger partial charge on any atom is -0.454 e. The zero-order chi connectivity index (χ0) is 15.5. The molecule has 0 saturated heterocycles. The SMILES string of the molecule is CCCCCCCCCCCCSc1ccc2c(c1)OCO2. The van der Waals surface area contributed by atoms with Gasteiger partial charge in [0.05, 0.1) is 0 Å². The maximum Gasteiger partial charge on any atom is 0.231 e. The standard InChI is InChI=1S/C19H30O2S/c1-2-3-4-5-6-7-8-9-10-11-14-22-17-12-13-18-19(15-17)21-16-20-18/h12-13,15H,2-11,14,16H2,1H3. The van der Waals surface area contributed by atoms with Gasteiger partial charge in [-0.05, 0) is 30.4 Å². The number of ether oxygens (including phenoxy) is 2. The average Bonchev–Trinajstić information content (AvgIpc) is 3.00. The van der Waals surface area contributed by atoms with Crippen LogP contribution in [0.1, 0.15) is 71.1 Å². The molecule has 0 fully saturated rings. The van der Waals surface area contributed by atoms with Gasteiger partial charge < -0.3 is 9.47 Å². The number of unbranched alkanes of at least 4 members (excludes halogenated alkanes) is 9. The van der Waals surface area contributed by atoms with Gasteiger partial charge in [0.2, 0.25) is 6.79 Å². The second-order valence-electron chi connectivity index (χ2n) is 6.05. The van der Waals surface area contributed by atoms with Gasteiger partial charge in [-0.25, -0.2) is 0 Å². The molecule has 0 aliphatic carbocycles. The van der Waals surface area contributed by atoms with Crippen LogP contribution in [0.3, 0.4) is 0 Å². The van der Waals surface area contributed by atoms with Crippen LogP contribution in [0, 0.1) is 0 Å². The van der Waals surface area contributed by atoms with E-state index in [1.807, 2.05) is 17.8 Å². The van der Waals surface area contributed by atoms with Crippen LogP contribution in [-0.4, -0.2) is 12.5 Å². The third kappa shape index (κ3) is 6.51. The molecule has 1 aliphatic rings. The van der Waals surface area contributed by atoms with Crippen LogP contribution in [0.4, 0.5) is 0 Å². The van der Waals surface area contributed by atoms with Crippen LogP contribution in [0.15, 0.2) is 23.1 Å². The van der Waals surface area contributed by atoms with Crippen molar-refractivity contribution in [3.8, 4) is 11.5 Å². The molecule has 1 aliphatic heterocycles. The Bertz CT molecular complexity index is 420. The van der Waals surface area contributed by atoms with E-state index in [-0.39, 0.29) is 0 Å². The maximum atomic E-state index is 5.41. The molecule has 0 radical (unpaired) electrons. The Hall–Kier alpha value is -0.830. The zero-order valence-corrected chi connectivity index (χ0v) is 14.8. The highest BCUT2D eigenvalue weighted by Crippen LogP contribution is 2.35. The first-order chi connectivity index (χ1) is 10.9. The fourth-order valence-corrected chi connectivity index (χ4v) is 3.68. The molecule has 22 heavy (non-hydrogen) atoms. The summed E-state index contributed by atoms with van der Waals surface area (Å²) in [7, 11) is 0. The van der Waals surface area contributed by atoms with Crippen molar-refractivity contribution < 1.29 is 9.47 Å². The monoisotopic (exact) mass is 322 g/mol. The molecular weight excluding hydrogens is 292 g/mol. The molecule has 2 nitrogen and oxygen atoms in total. The van der Waals surface area contributed by atoms with Crippen LogP contribution in [0.2, 0.25) is 0 Å². The van der Waals surface area contributed by atoms with E-state index in [9.17, 15) is 0 Å². The quantitative estimate of drug-likeness (QED) is 0.326.